The van der Waals surface area contributed by atoms with Crippen molar-refractivity contribution in [3.05, 3.63) is 106 Å². The molecule has 0 bridgehead atoms. The molecule has 158 valence electrons. The van der Waals surface area contributed by atoms with Gasteiger partial charge in [-0.2, -0.15) is 0 Å². The Morgan fingerprint density at radius 1 is 1.06 bits per heavy atom. The molecule has 1 aliphatic rings. The molecule has 5 rings (SSSR count). The number of hydrogen-bond donors (Lipinski definition) is 1. The average molecular weight is 442 g/mol. The summed E-state index contributed by atoms with van der Waals surface area (Å²) in [7, 11) is 0. The Morgan fingerprint density at radius 2 is 1.88 bits per heavy atom. The Kier molecular flexibility index (Phi) is 5.37. The van der Waals surface area contributed by atoms with E-state index in [1.54, 1.807) is 12.1 Å². The van der Waals surface area contributed by atoms with Crippen molar-refractivity contribution in [3.63, 3.8) is 0 Å². The average Bonchev–Trinajstić information content (AvgIpc) is 3.30. The largest absolute Gasteiger partial charge is 0.342 e. The summed E-state index contributed by atoms with van der Waals surface area (Å²) in [6.07, 6.45) is 3.94. The number of para-hydroxylation sites is 1. The van der Waals surface area contributed by atoms with Crippen LogP contribution in [0.2, 0.25) is 0 Å². The fraction of sp³-hybridized carbons (Fsp3) is 0.0769. The SMILES string of the molecule is Cc1cccc(N=C2NC(=O)/C(=C/c3cn(Cc4ccc(F)cc4)c4ccccc34)S2)c1. The number of amidine groups is 1. The number of aryl methyl sites for hydroxylation is 1. The Labute approximate surface area is 189 Å². The van der Waals surface area contributed by atoms with Gasteiger partial charge in [0.1, 0.15) is 5.82 Å². The van der Waals surface area contributed by atoms with Crippen LogP contribution in [-0.2, 0) is 11.3 Å². The molecule has 3 aromatic carbocycles. The first-order valence-electron chi connectivity index (χ1n) is 10.2. The van der Waals surface area contributed by atoms with Crippen LogP contribution in [-0.4, -0.2) is 15.6 Å². The highest BCUT2D eigenvalue weighted by Crippen LogP contribution is 2.31. The van der Waals surface area contributed by atoms with Crippen molar-refractivity contribution in [1.29, 1.82) is 0 Å². The summed E-state index contributed by atoms with van der Waals surface area (Å²) in [6.45, 7) is 2.63. The first-order valence-corrected chi connectivity index (χ1v) is 11.1. The number of aliphatic imine (C=N–C) groups is 1. The van der Waals surface area contributed by atoms with Crippen molar-refractivity contribution in [2.75, 3.05) is 0 Å². The highest BCUT2D eigenvalue weighted by Gasteiger charge is 2.24. The molecule has 32 heavy (non-hydrogen) atoms. The Balaban J connectivity index is 1.47. The van der Waals surface area contributed by atoms with Crippen LogP contribution in [0.4, 0.5) is 10.1 Å². The van der Waals surface area contributed by atoms with E-state index >= 15 is 0 Å². The van der Waals surface area contributed by atoms with E-state index in [2.05, 4.69) is 14.9 Å². The first-order chi connectivity index (χ1) is 15.5. The number of amides is 1. The zero-order valence-corrected chi connectivity index (χ0v) is 18.2. The van der Waals surface area contributed by atoms with E-state index in [4.69, 9.17) is 0 Å². The maximum absolute atomic E-state index is 13.3. The monoisotopic (exact) mass is 441 g/mol. The second kappa shape index (κ2) is 8.48. The van der Waals surface area contributed by atoms with Crippen molar-refractivity contribution in [2.24, 2.45) is 4.99 Å². The number of carbonyl (C=O) groups is 1. The van der Waals surface area contributed by atoms with Gasteiger partial charge in [-0.05, 0) is 66.2 Å². The molecule has 1 amide bonds. The number of halogens is 1. The molecule has 0 saturated carbocycles. The van der Waals surface area contributed by atoms with Crippen LogP contribution < -0.4 is 5.32 Å². The maximum Gasteiger partial charge on any atom is 0.264 e. The van der Waals surface area contributed by atoms with Gasteiger partial charge >= 0.3 is 0 Å². The van der Waals surface area contributed by atoms with E-state index in [0.29, 0.717) is 16.6 Å². The number of nitrogens with zero attached hydrogens (tertiary/aromatic N) is 2. The molecule has 4 nitrogen and oxygen atoms in total. The molecule has 0 spiro atoms. The number of fused-ring (bicyclic) bond motifs is 1. The van der Waals surface area contributed by atoms with Crippen LogP contribution >= 0.6 is 11.8 Å². The van der Waals surface area contributed by atoms with Gasteiger partial charge < -0.3 is 9.88 Å². The molecule has 0 atom stereocenters. The summed E-state index contributed by atoms with van der Waals surface area (Å²) in [5.41, 5.74) is 4.95. The molecule has 1 aliphatic heterocycles. The van der Waals surface area contributed by atoms with Crippen LogP contribution in [0, 0.1) is 12.7 Å². The van der Waals surface area contributed by atoms with E-state index in [9.17, 15) is 9.18 Å². The summed E-state index contributed by atoms with van der Waals surface area (Å²) < 4.78 is 15.4. The van der Waals surface area contributed by atoms with Gasteiger partial charge in [-0.3, -0.25) is 4.79 Å². The number of hydrogen-bond acceptors (Lipinski definition) is 3. The zero-order chi connectivity index (χ0) is 22.1. The Bertz CT molecular complexity index is 1390. The smallest absolute Gasteiger partial charge is 0.264 e. The van der Waals surface area contributed by atoms with Crippen molar-refractivity contribution >= 4 is 45.5 Å². The lowest BCUT2D eigenvalue weighted by atomic mass is 10.1. The van der Waals surface area contributed by atoms with Gasteiger partial charge in [0.15, 0.2) is 5.17 Å². The fourth-order valence-corrected chi connectivity index (χ4v) is 4.58. The minimum atomic E-state index is -0.246. The quantitative estimate of drug-likeness (QED) is 0.393. The van der Waals surface area contributed by atoms with Gasteiger partial charge in [-0.15, -0.1) is 0 Å². The predicted octanol–water partition coefficient (Wildman–Crippen LogP) is 6.03. The molecule has 1 aromatic heterocycles. The van der Waals surface area contributed by atoms with Gasteiger partial charge in [-0.25, -0.2) is 9.38 Å². The zero-order valence-electron chi connectivity index (χ0n) is 17.4. The number of benzene rings is 3. The third kappa shape index (κ3) is 4.22. The molecule has 0 radical (unpaired) electrons. The molecule has 6 heteroatoms. The number of nitrogens with one attached hydrogen (secondary N) is 1. The standard InChI is InChI=1S/C26H20FN3OS/c1-17-5-4-6-21(13-17)28-26-29-25(31)24(32-26)14-19-16-30(23-8-3-2-7-22(19)23)15-18-9-11-20(27)12-10-18/h2-14,16H,15H2,1H3,(H,28,29,31)/b24-14-. The minimum Gasteiger partial charge on any atom is -0.342 e. The summed E-state index contributed by atoms with van der Waals surface area (Å²) in [5.74, 6) is -0.402. The molecular weight excluding hydrogens is 421 g/mol. The topological polar surface area (TPSA) is 46.4 Å². The van der Waals surface area contributed by atoms with Gasteiger partial charge in [0.2, 0.25) is 0 Å². The summed E-state index contributed by atoms with van der Waals surface area (Å²) in [4.78, 5) is 17.7. The predicted molar refractivity (Wildman–Crippen MR) is 129 cm³/mol. The third-order valence-electron chi connectivity index (χ3n) is 5.26. The van der Waals surface area contributed by atoms with Gasteiger partial charge in [0, 0.05) is 29.2 Å². The Hall–Kier alpha value is -3.64. The highest BCUT2D eigenvalue weighted by atomic mass is 32.2. The van der Waals surface area contributed by atoms with Crippen molar-refractivity contribution in [2.45, 2.75) is 13.5 Å². The lowest BCUT2D eigenvalue weighted by Gasteiger charge is -2.05. The minimum absolute atomic E-state index is 0.156. The summed E-state index contributed by atoms with van der Waals surface area (Å²) in [5, 5.41) is 4.48. The molecule has 0 aliphatic carbocycles. The molecule has 2 heterocycles. The van der Waals surface area contributed by atoms with Crippen molar-refractivity contribution in [3.8, 4) is 0 Å². The lowest BCUT2D eigenvalue weighted by Crippen LogP contribution is -2.19. The van der Waals surface area contributed by atoms with E-state index in [0.717, 1.165) is 33.3 Å². The molecule has 1 fully saturated rings. The van der Waals surface area contributed by atoms with E-state index < -0.39 is 0 Å². The fourth-order valence-electron chi connectivity index (χ4n) is 3.74. The second-order valence-electron chi connectivity index (χ2n) is 7.68. The summed E-state index contributed by atoms with van der Waals surface area (Å²) >= 11 is 1.34. The van der Waals surface area contributed by atoms with Crippen LogP contribution in [0.1, 0.15) is 16.7 Å². The summed E-state index contributed by atoms with van der Waals surface area (Å²) in [6, 6.07) is 22.4. The lowest BCUT2D eigenvalue weighted by molar-refractivity contribution is -0.115. The van der Waals surface area contributed by atoms with Crippen LogP contribution in [0.15, 0.2) is 88.9 Å². The van der Waals surface area contributed by atoms with Crippen LogP contribution in [0.5, 0.6) is 0 Å². The van der Waals surface area contributed by atoms with Gasteiger partial charge in [0.25, 0.3) is 5.91 Å². The van der Waals surface area contributed by atoms with Crippen LogP contribution in [0.25, 0.3) is 17.0 Å². The third-order valence-corrected chi connectivity index (χ3v) is 6.17. The Morgan fingerprint density at radius 3 is 2.69 bits per heavy atom. The van der Waals surface area contributed by atoms with E-state index in [-0.39, 0.29) is 11.7 Å². The molecular formula is C26H20FN3OS. The number of rotatable bonds is 4. The second-order valence-corrected chi connectivity index (χ2v) is 8.71. The van der Waals surface area contributed by atoms with Crippen LogP contribution in [0.3, 0.4) is 0 Å². The molecule has 1 N–H and O–H groups in total. The maximum atomic E-state index is 13.3. The van der Waals surface area contributed by atoms with Crippen molar-refractivity contribution in [1.82, 2.24) is 9.88 Å². The van der Waals surface area contributed by atoms with Crippen molar-refractivity contribution < 1.29 is 9.18 Å². The van der Waals surface area contributed by atoms with E-state index in [1.807, 2.05) is 67.7 Å². The molecule has 4 aromatic rings. The molecule has 1 saturated heterocycles. The van der Waals surface area contributed by atoms with E-state index in [1.165, 1.54) is 23.9 Å². The van der Waals surface area contributed by atoms with Gasteiger partial charge in [-0.1, -0.05) is 42.5 Å². The number of thioether (sulfide) groups is 1. The highest BCUT2D eigenvalue weighted by molar-refractivity contribution is 8.18. The molecule has 0 unspecified atom stereocenters. The first kappa shape index (κ1) is 20.3. The number of carbonyl (C=O) groups excluding carboxylic acids is 1. The normalized spacial score (nSPS) is 16.2. The van der Waals surface area contributed by atoms with Gasteiger partial charge in [0.05, 0.1) is 10.6 Å². The number of aromatic nitrogens is 1.